The number of hydrogen-bond donors (Lipinski definition) is 1. The number of rotatable bonds is 6. The molecule has 0 fully saturated rings. The lowest BCUT2D eigenvalue weighted by Gasteiger charge is -2.12. The predicted molar refractivity (Wildman–Crippen MR) is 74.5 cm³/mol. The monoisotopic (exact) mass is 306 g/mol. The summed E-state index contributed by atoms with van der Waals surface area (Å²) in [5.41, 5.74) is 1.13. The van der Waals surface area contributed by atoms with E-state index >= 15 is 0 Å². The van der Waals surface area contributed by atoms with Crippen LogP contribution in [0.25, 0.3) is 11.3 Å². The third-order valence-corrected chi connectivity index (χ3v) is 2.60. The zero-order valence-corrected chi connectivity index (χ0v) is 11.6. The van der Waals surface area contributed by atoms with E-state index in [2.05, 4.69) is 20.3 Å². The molecule has 1 aromatic heterocycles. The minimum absolute atomic E-state index is 0.0451. The minimum atomic E-state index is -2.93. The smallest absolute Gasteiger partial charge is 0.387 e. The molecule has 0 radical (unpaired) electrons. The van der Waals surface area contributed by atoms with Crippen LogP contribution in [0.2, 0.25) is 0 Å². The highest BCUT2D eigenvalue weighted by atomic mass is 19.3. The van der Waals surface area contributed by atoms with E-state index in [0.717, 1.165) is 0 Å². The molecule has 0 aliphatic carbocycles. The van der Waals surface area contributed by atoms with Gasteiger partial charge in [0, 0.05) is 5.56 Å². The average Bonchev–Trinajstić information content (AvgIpc) is 2.50. The summed E-state index contributed by atoms with van der Waals surface area (Å²) in [6.45, 7) is -0.887. The lowest BCUT2D eigenvalue weighted by Crippen LogP contribution is -2.04. The van der Waals surface area contributed by atoms with E-state index in [-0.39, 0.29) is 11.5 Å². The second-order valence-electron chi connectivity index (χ2n) is 4.01. The lowest BCUT2D eigenvalue weighted by atomic mass is 10.1. The van der Waals surface area contributed by atoms with Gasteiger partial charge in [-0.2, -0.15) is 14.0 Å². The van der Waals surface area contributed by atoms with Gasteiger partial charge in [0.15, 0.2) is 23.5 Å². The van der Waals surface area contributed by atoms with Crippen molar-refractivity contribution in [2.45, 2.75) is 13.5 Å². The van der Waals surface area contributed by atoms with Gasteiger partial charge in [0.2, 0.25) is 0 Å². The van der Waals surface area contributed by atoms with Crippen molar-refractivity contribution in [2.75, 3.05) is 11.9 Å². The lowest BCUT2D eigenvalue weighted by molar-refractivity contribution is -0.0514. The van der Waals surface area contributed by atoms with Crippen molar-refractivity contribution in [2.24, 2.45) is 0 Å². The minimum Gasteiger partial charge on any atom is -0.490 e. The van der Waals surface area contributed by atoms with Crippen LogP contribution in [0.15, 0.2) is 30.3 Å². The van der Waals surface area contributed by atoms with Crippen molar-refractivity contribution in [3.8, 4) is 28.9 Å². The molecular weight excluding hydrogens is 294 g/mol. The molecule has 1 heterocycles. The Hall–Kier alpha value is -2.95. The van der Waals surface area contributed by atoms with Crippen LogP contribution < -0.4 is 14.8 Å². The van der Waals surface area contributed by atoms with E-state index in [4.69, 9.17) is 10.00 Å². The summed E-state index contributed by atoms with van der Waals surface area (Å²) in [5, 5.41) is 18.6. The van der Waals surface area contributed by atoms with E-state index in [1.807, 2.05) is 0 Å². The fourth-order valence-electron chi connectivity index (χ4n) is 1.74. The van der Waals surface area contributed by atoms with Crippen LogP contribution in [-0.4, -0.2) is 23.4 Å². The Kier molecular flexibility index (Phi) is 5.03. The molecule has 114 valence electrons. The molecule has 2 aromatic rings. The van der Waals surface area contributed by atoms with Gasteiger partial charge in [-0.25, -0.2) is 0 Å². The standard InChI is InChI=1S/C14H12F2N4O2/c1-2-21-12-7-9(3-5-11(12)22-14(15)16)10-4-6-13(18-8-17)20-19-10/h3-7,14H,2H2,1H3,(H,18,20). The summed E-state index contributed by atoms with van der Waals surface area (Å²) in [5.74, 6) is 0.464. The van der Waals surface area contributed by atoms with Gasteiger partial charge >= 0.3 is 6.61 Å². The highest BCUT2D eigenvalue weighted by Gasteiger charge is 2.13. The van der Waals surface area contributed by atoms with E-state index in [9.17, 15) is 8.78 Å². The molecule has 0 aliphatic heterocycles. The molecule has 6 nitrogen and oxygen atoms in total. The third kappa shape index (κ3) is 3.79. The predicted octanol–water partition coefficient (Wildman–Crippen LogP) is 3.04. The second-order valence-corrected chi connectivity index (χ2v) is 4.01. The fraction of sp³-hybridized carbons (Fsp3) is 0.214. The van der Waals surface area contributed by atoms with Crippen molar-refractivity contribution in [3.63, 3.8) is 0 Å². The molecule has 22 heavy (non-hydrogen) atoms. The molecule has 0 saturated heterocycles. The third-order valence-electron chi connectivity index (χ3n) is 2.60. The molecule has 1 aromatic carbocycles. The molecule has 0 bridgehead atoms. The number of halogens is 2. The van der Waals surface area contributed by atoms with Crippen molar-refractivity contribution in [3.05, 3.63) is 30.3 Å². The van der Waals surface area contributed by atoms with Crippen LogP contribution in [-0.2, 0) is 0 Å². The largest absolute Gasteiger partial charge is 0.490 e. The van der Waals surface area contributed by atoms with Crippen LogP contribution in [0.5, 0.6) is 11.5 Å². The first-order chi connectivity index (χ1) is 10.6. The number of alkyl halides is 2. The van der Waals surface area contributed by atoms with Crippen LogP contribution in [0.1, 0.15) is 6.92 Å². The number of ether oxygens (including phenoxy) is 2. The summed E-state index contributed by atoms with van der Waals surface area (Å²) < 4.78 is 34.4. The highest BCUT2D eigenvalue weighted by Crippen LogP contribution is 2.33. The van der Waals surface area contributed by atoms with Crippen molar-refractivity contribution < 1.29 is 18.3 Å². The van der Waals surface area contributed by atoms with Crippen molar-refractivity contribution in [1.29, 1.82) is 5.26 Å². The van der Waals surface area contributed by atoms with E-state index in [1.165, 1.54) is 6.07 Å². The maximum atomic E-state index is 12.3. The Morgan fingerprint density at radius 1 is 1.23 bits per heavy atom. The van der Waals surface area contributed by atoms with Crippen LogP contribution in [0, 0.1) is 11.5 Å². The number of aromatic nitrogens is 2. The second kappa shape index (κ2) is 7.17. The van der Waals surface area contributed by atoms with Crippen molar-refractivity contribution >= 4 is 5.82 Å². The SMILES string of the molecule is CCOc1cc(-c2ccc(NC#N)nn2)ccc1OC(F)F. The first-order valence-corrected chi connectivity index (χ1v) is 6.35. The molecule has 0 unspecified atom stereocenters. The fourth-order valence-corrected chi connectivity index (χ4v) is 1.74. The molecule has 0 saturated carbocycles. The normalized spacial score (nSPS) is 10.1. The van der Waals surface area contributed by atoms with Crippen molar-refractivity contribution in [1.82, 2.24) is 10.2 Å². The maximum absolute atomic E-state index is 12.3. The van der Waals surface area contributed by atoms with Gasteiger partial charge in [-0.3, -0.25) is 5.32 Å². The van der Waals surface area contributed by atoms with Gasteiger partial charge in [0.05, 0.1) is 12.3 Å². The Labute approximate surface area is 125 Å². The van der Waals surface area contributed by atoms with Gasteiger partial charge in [-0.05, 0) is 37.3 Å². The zero-order valence-electron chi connectivity index (χ0n) is 11.6. The summed E-state index contributed by atoms with van der Waals surface area (Å²) in [4.78, 5) is 0. The number of nitriles is 1. The number of anilines is 1. The molecule has 0 amide bonds. The number of nitrogens with zero attached hydrogens (tertiary/aromatic N) is 3. The average molecular weight is 306 g/mol. The van der Waals surface area contributed by atoms with Gasteiger partial charge in [-0.1, -0.05) is 0 Å². The van der Waals surface area contributed by atoms with E-state index in [0.29, 0.717) is 23.7 Å². The highest BCUT2D eigenvalue weighted by molar-refractivity contribution is 5.64. The first kappa shape index (κ1) is 15.4. The van der Waals surface area contributed by atoms with Gasteiger partial charge < -0.3 is 9.47 Å². The van der Waals surface area contributed by atoms with E-state index in [1.54, 1.807) is 37.4 Å². The molecule has 0 atom stereocenters. The Bertz CT molecular complexity index is 672. The Morgan fingerprint density at radius 3 is 2.64 bits per heavy atom. The summed E-state index contributed by atoms with van der Waals surface area (Å²) in [6.07, 6.45) is 1.73. The van der Waals surface area contributed by atoms with Crippen LogP contribution in [0.4, 0.5) is 14.6 Å². The maximum Gasteiger partial charge on any atom is 0.387 e. The summed E-state index contributed by atoms with van der Waals surface area (Å²) in [7, 11) is 0. The van der Waals surface area contributed by atoms with Gasteiger partial charge in [0.1, 0.15) is 0 Å². The zero-order chi connectivity index (χ0) is 15.9. The molecule has 2 rings (SSSR count). The van der Waals surface area contributed by atoms with Crippen LogP contribution >= 0.6 is 0 Å². The topological polar surface area (TPSA) is 80.1 Å². The van der Waals surface area contributed by atoms with E-state index < -0.39 is 6.61 Å². The molecule has 8 heteroatoms. The van der Waals surface area contributed by atoms with Gasteiger partial charge in [-0.15, -0.1) is 10.2 Å². The molecular formula is C14H12F2N4O2. The Balaban J connectivity index is 2.31. The number of benzene rings is 1. The van der Waals surface area contributed by atoms with Crippen LogP contribution in [0.3, 0.4) is 0 Å². The number of hydrogen-bond acceptors (Lipinski definition) is 6. The summed E-state index contributed by atoms with van der Waals surface area (Å²) in [6, 6.07) is 7.72. The Morgan fingerprint density at radius 2 is 2.05 bits per heavy atom. The molecule has 1 N–H and O–H groups in total. The summed E-state index contributed by atoms with van der Waals surface area (Å²) >= 11 is 0. The van der Waals surface area contributed by atoms with Gasteiger partial charge in [0.25, 0.3) is 0 Å². The molecule has 0 aliphatic rings. The number of nitrogens with one attached hydrogen (secondary N) is 1. The quantitative estimate of drug-likeness (QED) is 0.652. The molecule has 0 spiro atoms. The first-order valence-electron chi connectivity index (χ1n) is 6.35.